The van der Waals surface area contributed by atoms with Gasteiger partial charge in [0.25, 0.3) is 5.91 Å². The Hall–Kier alpha value is -1.98. The van der Waals surface area contributed by atoms with Crippen LogP contribution >= 0.6 is 0 Å². The largest absolute Gasteiger partial charge is 0.480 e. The van der Waals surface area contributed by atoms with Crippen molar-refractivity contribution < 1.29 is 23.5 Å². The number of rotatable bonds is 5. The summed E-state index contributed by atoms with van der Waals surface area (Å²) in [5.41, 5.74) is -0.328. The summed E-state index contributed by atoms with van der Waals surface area (Å²) in [5.74, 6) is -3.72. The molecular formula is C12H13F2NO3. The quantitative estimate of drug-likeness (QED) is 0.876. The highest BCUT2D eigenvalue weighted by Crippen LogP contribution is 2.12. The van der Waals surface area contributed by atoms with Crippen LogP contribution in [0.15, 0.2) is 18.2 Å². The Labute approximate surface area is 103 Å². The maximum absolute atomic E-state index is 13.4. The van der Waals surface area contributed by atoms with Crippen LogP contribution in [0.1, 0.15) is 23.7 Å². The first-order valence-corrected chi connectivity index (χ1v) is 5.41. The topological polar surface area (TPSA) is 57.6 Å². The predicted octanol–water partition coefficient (Wildman–Crippen LogP) is 1.90. The summed E-state index contributed by atoms with van der Waals surface area (Å²) >= 11 is 0. The molecule has 0 bridgehead atoms. The molecule has 1 aromatic rings. The summed E-state index contributed by atoms with van der Waals surface area (Å²) in [6.07, 6.45) is 0.543. The first-order valence-electron chi connectivity index (χ1n) is 5.41. The molecule has 1 N–H and O–H groups in total. The number of hydrogen-bond acceptors (Lipinski definition) is 2. The van der Waals surface area contributed by atoms with Gasteiger partial charge in [0.05, 0.1) is 5.56 Å². The molecule has 6 heteroatoms. The van der Waals surface area contributed by atoms with E-state index < -0.39 is 30.1 Å². The van der Waals surface area contributed by atoms with Crippen LogP contribution in [-0.4, -0.2) is 35.0 Å². The van der Waals surface area contributed by atoms with E-state index in [9.17, 15) is 18.4 Å². The molecule has 1 aromatic carbocycles. The van der Waals surface area contributed by atoms with Gasteiger partial charge in [0.1, 0.15) is 18.2 Å². The van der Waals surface area contributed by atoms with Gasteiger partial charge in [0.2, 0.25) is 0 Å². The third-order valence-electron chi connectivity index (χ3n) is 2.27. The second-order valence-corrected chi connectivity index (χ2v) is 3.74. The number of carboxylic acids is 1. The van der Waals surface area contributed by atoms with Gasteiger partial charge in [-0.1, -0.05) is 6.92 Å². The van der Waals surface area contributed by atoms with Crippen molar-refractivity contribution in [2.45, 2.75) is 13.3 Å². The Kier molecular flexibility index (Phi) is 4.76. The highest BCUT2D eigenvalue weighted by Gasteiger charge is 2.20. The van der Waals surface area contributed by atoms with Crippen LogP contribution in [0, 0.1) is 11.6 Å². The second kappa shape index (κ2) is 6.09. The summed E-state index contributed by atoms with van der Waals surface area (Å²) in [4.78, 5) is 23.5. The minimum atomic E-state index is -1.18. The zero-order chi connectivity index (χ0) is 13.7. The number of carboxylic acid groups (broad SMARTS) is 1. The highest BCUT2D eigenvalue weighted by molar-refractivity contribution is 5.96. The Morgan fingerprint density at radius 3 is 2.50 bits per heavy atom. The second-order valence-electron chi connectivity index (χ2n) is 3.74. The Morgan fingerprint density at radius 2 is 2.00 bits per heavy atom. The number of halogens is 2. The molecule has 0 atom stereocenters. The molecule has 0 saturated heterocycles. The molecule has 1 rings (SSSR count). The van der Waals surface area contributed by atoms with Gasteiger partial charge in [0, 0.05) is 12.6 Å². The molecule has 18 heavy (non-hydrogen) atoms. The molecule has 98 valence electrons. The van der Waals surface area contributed by atoms with E-state index in [4.69, 9.17) is 5.11 Å². The van der Waals surface area contributed by atoms with E-state index >= 15 is 0 Å². The Balaban J connectivity index is 2.97. The monoisotopic (exact) mass is 257 g/mol. The molecule has 0 aliphatic carbocycles. The minimum Gasteiger partial charge on any atom is -0.480 e. The molecule has 0 fully saturated rings. The van der Waals surface area contributed by atoms with Gasteiger partial charge in [0.15, 0.2) is 0 Å². The molecule has 0 unspecified atom stereocenters. The highest BCUT2D eigenvalue weighted by atomic mass is 19.1. The van der Waals surface area contributed by atoms with Crippen LogP contribution in [0.25, 0.3) is 0 Å². The molecule has 0 aliphatic heterocycles. The molecule has 1 amide bonds. The van der Waals surface area contributed by atoms with Crippen LogP contribution in [0.3, 0.4) is 0 Å². The lowest BCUT2D eigenvalue weighted by molar-refractivity contribution is -0.137. The molecule has 0 heterocycles. The predicted molar refractivity (Wildman–Crippen MR) is 60.2 cm³/mol. The molecule has 0 saturated carbocycles. The number of carbonyl (C=O) groups excluding carboxylic acids is 1. The number of hydrogen-bond donors (Lipinski definition) is 1. The van der Waals surface area contributed by atoms with Gasteiger partial charge in [-0.2, -0.15) is 0 Å². The van der Waals surface area contributed by atoms with Crippen molar-refractivity contribution in [1.29, 1.82) is 0 Å². The van der Waals surface area contributed by atoms with E-state index in [2.05, 4.69) is 0 Å². The average Bonchev–Trinajstić information content (AvgIpc) is 2.27. The minimum absolute atomic E-state index is 0.196. The fourth-order valence-corrected chi connectivity index (χ4v) is 1.52. The number of nitrogens with zero attached hydrogens (tertiary/aromatic N) is 1. The van der Waals surface area contributed by atoms with Gasteiger partial charge in [-0.3, -0.25) is 9.59 Å². The van der Waals surface area contributed by atoms with Crippen LogP contribution in [0.5, 0.6) is 0 Å². The SMILES string of the molecule is CCCN(CC(=O)O)C(=O)c1ccc(F)cc1F. The van der Waals surface area contributed by atoms with Crippen molar-refractivity contribution in [3.8, 4) is 0 Å². The summed E-state index contributed by atoms with van der Waals surface area (Å²) in [5, 5.41) is 8.67. The van der Waals surface area contributed by atoms with E-state index in [1.165, 1.54) is 0 Å². The first kappa shape index (κ1) is 14.1. The van der Waals surface area contributed by atoms with Crippen molar-refractivity contribution in [2.24, 2.45) is 0 Å². The van der Waals surface area contributed by atoms with Crippen molar-refractivity contribution in [2.75, 3.05) is 13.1 Å². The van der Waals surface area contributed by atoms with Gasteiger partial charge >= 0.3 is 5.97 Å². The zero-order valence-corrected chi connectivity index (χ0v) is 9.82. The lowest BCUT2D eigenvalue weighted by atomic mass is 10.1. The third-order valence-corrected chi connectivity index (χ3v) is 2.27. The maximum atomic E-state index is 13.4. The van der Waals surface area contributed by atoms with Crippen LogP contribution in [-0.2, 0) is 4.79 Å². The van der Waals surface area contributed by atoms with Crippen LogP contribution in [0.2, 0.25) is 0 Å². The maximum Gasteiger partial charge on any atom is 0.323 e. The fraction of sp³-hybridized carbons (Fsp3) is 0.333. The normalized spacial score (nSPS) is 10.2. The molecular weight excluding hydrogens is 244 g/mol. The summed E-state index contributed by atoms with van der Waals surface area (Å²) in [7, 11) is 0. The van der Waals surface area contributed by atoms with E-state index in [0.717, 1.165) is 17.0 Å². The molecule has 0 spiro atoms. The van der Waals surface area contributed by atoms with Gasteiger partial charge in [-0.15, -0.1) is 0 Å². The average molecular weight is 257 g/mol. The van der Waals surface area contributed by atoms with Gasteiger partial charge < -0.3 is 10.0 Å². The van der Waals surface area contributed by atoms with Gasteiger partial charge in [-0.05, 0) is 18.6 Å². The summed E-state index contributed by atoms with van der Waals surface area (Å²) in [6.45, 7) is 1.45. The van der Waals surface area contributed by atoms with E-state index in [1.54, 1.807) is 6.92 Å². The Bertz CT molecular complexity index is 463. The van der Waals surface area contributed by atoms with Crippen molar-refractivity contribution in [1.82, 2.24) is 4.90 Å². The zero-order valence-electron chi connectivity index (χ0n) is 9.82. The third kappa shape index (κ3) is 3.51. The molecule has 4 nitrogen and oxygen atoms in total. The standard InChI is InChI=1S/C12H13F2NO3/c1-2-5-15(7-11(16)17)12(18)9-4-3-8(13)6-10(9)14/h3-4,6H,2,5,7H2,1H3,(H,16,17). The van der Waals surface area contributed by atoms with Crippen LogP contribution < -0.4 is 0 Å². The molecule has 0 radical (unpaired) electrons. The number of benzene rings is 1. The van der Waals surface area contributed by atoms with Crippen molar-refractivity contribution >= 4 is 11.9 Å². The fourth-order valence-electron chi connectivity index (χ4n) is 1.52. The lowest BCUT2D eigenvalue weighted by Crippen LogP contribution is -2.36. The molecule has 0 aromatic heterocycles. The lowest BCUT2D eigenvalue weighted by Gasteiger charge is -2.20. The Morgan fingerprint density at radius 1 is 1.33 bits per heavy atom. The first-order chi connectivity index (χ1) is 8.45. The van der Waals surface area contributed by atoms with Crippen molar-refractivity contribution in [3.63, 3.8) is 0 Å². The van der Waals surface area contributed by atoms with Crippen molar-refractivity contribution in [3.05, 3.63) is 35.4 Å². The number of amides is 1. The summed E-state index contributed by atoms with van der Waals surface area (Å²) in [6, 6.07) is 2.57. The number of aliphatic carboxylic acids is 1. The van der Waals surface area contributed by atoms with Crippen LogP contribution in [0.4, 0.5) is 8.78 Å². The van der Waals surface area contributed by atoms with E-state index in [1.807, 2.05) is 0 Å². The summed E-state index contributed by atoms with van der Waals surface area (Å²) < 4.78 is 26.1. The van der Waals surface area contributed by atoms with E-state index in [-0.39, 0.29) is 12.1 Å². The van der Waals surface area contributed by atoms with E-state index in [0.29, 0.717) is 12.5 Å². The molecule has 0 aliphatic rings. The smallest absolute Gasteiger partial charge is 0.323 e. The van der Waals surface area contributed by atoms with Gasteiger partial charge in [-0.25, -0.2) is 8.78 Å². The number of carbonyl (C=O) groups is 2.